The normalized spacial score (nSPS) is 21.6. The maximum Gasteiger partial charge on any atom is 0.307 e. The first-order chi connectivity index (χ1) is 9.61. The van der Waals surface area contributed by atoms with E-state index in [0.29, 0.717) is 19.4 Å². The molecule has 0 saturated heterocycles. The molecule has 0 aromatic heterocycles. The van der Waals surface area contributed by atoms with Crippen molar-refractivity contribution in [3.05, 3.63) is 35.4 Å². The summed E-state index contributed by atoms with van der Waals surface area (Å²) in [5, 5.41) is 12.0. The molecule has 1 saturated carbocycles. The molecule has 1 fully saturated rings. The minimum atomic E-state index is -0.852. The molecule has 1 aliphatic carbocycles. The highest BCUT2D eigenvalue weighted by Gasteiger charge is 2.37. The van der Waals surface area contributed by atoms with Gasteiger partial charge in [0.25, 0.3) is 0 Å². The van der Waals surface area contributed by atoms with Crippen molar-refractivity contribution >= 4 is 11.9 Å². The predicted molar refractivity (Wildman–Crippen MR) is 76.1 cm³/mol. The number of aryl methyl sites for hydroxylation is 1. The summed E-state index contributed by atoms with van der Waals surface area (Å²) in [4.78, 5) is 23.2. The van der Waals surface area contributed by atoms with Gasteiger partial charge < -0.3 is 10.4 Å². The highest BCUT2D eigenvalue weighted by Crippen LogP contribution is 2.32. The van der Waals surface area contributed by atoms with E-state index in [1.165, 1.54) is 5.56 Å². The molecular weight excluding hydrogens is 254 g/mol. The Labute approximate surface area is 119 Å². The molecule has 2 N–H and O–H groups in total. The standard InChI is InChI=1S/C16H21NO3/c1-2-11-6-8-12(9-7-11)10-17-15(18)13-4-3-5-14(13)16(19)20/h6-9,13-14H,2-5,10H2,1H3,(H,17,18)(H,19,20)/t13-,14+/m1/s1. The number of benzene rings is 1. The molecule has 2 atom stereocenters. The van der Waals surface area contributed by atoms with Crippen molar-refractivity contribution < 1.29 is 14.7 Å². The van der Waals surface area contributed by atoms with E-state index < -0.39 is 11.9 Å². The Morgan fingerprint density at radius 3 is 2.35 bits per heavy atom. The zero-order valence-electron chi connectivity index (χ0n) is 11.8. The topological polar surface area (TPSA) is 66.4 Å². The second kappa shape index (κ2) is 6.55. The van der Waals surface area contributed by atoms with Gasteiger partial charge in [-0.3, -0.25) is 9.59 Å². The number of carboxylic acid groups (broad SMARTS) is 1. The summed E-state index contributed by atoms with van der Waals surface area (Å²) in [5.41, 5.74) is 2.31. The Morgan fingerprint density at radius 1 is 1.15 bits per heavy atom. The van der Waals surface area contributed by atoms with Gasteiger partial charge in [-0.1, -0.05) is 37.6 Å². The molecule has 2 rings (SSSR count). The molecule has 1 amide bonds. The molecule has 0 spiro atoms. The smallest absolute Gasteiger partial charge is 0.307 e. The van der Waals surface area contributed by atoms with Crippen LogP contribution in [-0.2, 0) is 22.6 Å². The van der Waals surface area contributed by atoms with E-state index in [1.807, 2.05) is 12.1 Å². The number of carbonyl (C=O) groups is 2. The Morgan fingerprint density at radius 2 is 1.75 bits per heavy atom. The number of carbonyl (C=O) groups excluding carboxylic acids is 1. The van der Waals surface area contributed by atoms with Crippen LogP contribution in [0.4, 0.5) is 0 Å². The van der Waals surface area contributed by atoms with Crippen LogP contribution in [0.5, 0.6) is 0 Å². The number of rotatable bonds is 5. The number of nitrogens with one attached hydrogen (secondary N) is 1. The first-order valence-electron chi connectivity index (χ1n) is 7.20. The van der Waals surface area contributed by atoms with Crippen LogP contribution in [0.25, 0.3) is 0 Å². The third kappa shape index (κ3) is 3.38. The first-order valence-corrected chi connectivity index (χ1v) is 7.20. The fraction of sp³-hybridized carbons (Fsp3) is 0.500. The molecule has 1 aromatic carbocycles. The van der Waals surface area contributed by atoms with E-state index in [4.69, 9.17) is 5.11 Å². The maximum atomic E-state index is 12.1. The lowest BCUT2D eigenvalue weighted by molar-refractivity contribution is -0.146. The van der Waals surface area contributed by atoms with Gasteiger partial charge in [-0.05, 0) is 30.4 Å². The van der Waals surface area contributed by atoms with Crippen molar-refractivity contribution in [3.8, 4) is 0 Å². The highest BCUT2D eigenvalue weighted by molar-refractivity contribution is 5.85. The fourth-order valence-electron chi connectivity index (χ4n) is 2.78. The molecule has 108 valence electrons. The summed E-state index contributed by atoms with van der Waals surface area (Å²) >= 11 is 0. The summed E-state index contributed by atoms with van der Waals surface area (Å²) in [5.74, 6) is -1.87. The van der Waals surface area contributed by atoms with Crippen molar-refractivity contribution in [2.75, 3.05) is 0 Å². The van der Waals surface area contributed by atoms with Crippen molar-refractivity contribution in [2.45, 2.75) is 39.2 Å². The molecular formula is C16H21NO3. The molecule has 4 heteroatoms. The van der Waals surface area contributed by atoms with Crippen molar-refractivity contribution in [1.82, 2.24) is 5.32 Å². The van der Waals surface area contributed by atoms with Gasteiger partial charge in [0.05, 0.1) is 11.8 Å². The summed E-state index contributed by atoms with van der Waals surface area (Å²) < 4.78 is 0. The third-order valence-electron chi connectivity index (χ3n) is 4.07. The quantitative estimate of drug-likeness (QED) is 0.867. The molecule has 0 heterocycles. The zero-order valence-corrected chi connectivity index (χ0v) is 11.8. The first kappa shape index (κ1) is 14.6. The molecule has 1 aromatic rings. The maximum absolute atomic E-state index is 12.1. The Hall–Kier alpha value is -1.84. The van der Waals surface area contributed by atoms with Crippen LogP contribution in [0, 0.1) is 11.8 Å². The van der Waals surface area contributed by atoms with Gasteiger partial charge in [-0.2, -0.15) is 0 Å². The van der Waals surface area contributed by atoms with E-state index in [0.717, 1.165) is 18.4 Å². The van der Waals surface area contributed by atoms with Gasteiger partial charge >= 0.3 is 5.97 Å². The van der Waals surface area contributed by atoms with Crippen LogP contribution in [-0.4, -0.2) is 17.0 Å². The predicted octanol–water partition coefficient (Wildman–Crippen LogP) is 2.37. The molecule has 0 bridgehead atoms. The Balaban J connectivity index is 1.89. The van der Waals surface area contributed by atoms with Crippen molar-refractivity contribution in [3.63, 3.8) is 0 Å². The van der Waals surface area contributed by atoms with Gasteiger partial charge in [0, 0.05) is 6.54 Å². The number of carboxylic acids is 1. The van der Waals surface area contributed by atoms with Gasteiger partial charge in [0.1, 0.15) is 0 Å². The van der Waals surface area contributed by atoms with E-state index in [9.17, 15) is 9.59 Å². The summed E-state index contributed by atoms with van der Waals surface area (Å²) in [6.45, 7) is 2.56. The highest BCUT2D eigenvalue weighted by atomic mass is 16.4. The van der Waals surface area contributed by atoms with Gasteiger partial charge in [0.2, 0.25) is 5.91 Å². The Bertz CT molecular complexity index is 481. The lowest BCUT2D eigenvalue weighted by Gasteiger charge is -2.15. The molecule has 0 radical (unpaired) electrons. The Kier molecular flexibility index (Phi) is 4.77. The van der Waals surface area contributed by atoms with Gasteiger partial charge in [-0.15, -0.1) is 0 Å². The number of hydrogen-bond donors (Lipinski definition) is 2. The fourth-order valence-corrected chi connectivity index (χ4v) is 2.78. The largest absolute Gasteiger partial charge is 0.481 e. The van der Waals surface area contributed by atoms with Gasteiger partial charge in [-0.25, -0.2) is 0 Å². The van der Waals surface area contributed by atoms with E-state index in [-0.39, 0.29) is 11.8 Å². The van der Waals surface area contributed by atoms with Crippen LogP contribution in [0.2, 0.25) is 0 Å². The second-order valence-corrected chi connectivity index (χ2v) is 5.37. The average Bonchev–Trinajstić information content (AvgIpc) is 2.95. The van der Waals surface area contributed by atoms with E-state index >= 15 is 0 Å². The van der Waals surface area contributed by atoms with Gasteiger partial charge in [0.15, 0.2) is 0 Å². The average molecular weight is 275 g/mol. The summed E-state index contributed by atoms with van der Waals surface area (Å²) in [6, 6.07) is 8.11. The van der Waals surface area contributed by atoms with E-state index in [2.05, 4.69) is 24.4 Å². The lowest BCUT2D eigenvalue weighted by atomic mass is 9.95. The number of amides is 1. The molecule has 1 aliphatic rings. The van der Waals surface area contributed by atoms with Crippen molar-refractivity contribution in [2.24, 2.45) is 11.8 Å². The van der Waals surface area contributed by atoms with E-state index in [1.54, 1.807) is 0 Å². The summed E-state index contributed by atoms with van der Waals surface area (Å²) in [7, 11) is 0. The van der Waals surface area contributed by atoms with Crippen LogP contribution in [0.15, 0.2) is 24.3 Å². The minimum absolute atomic E-state index is 0.130. The molecule has 20 heavy (non-hydrogen) atoms. The third-order valence-corrected chi connectivity index (χ3v) is 4.07. The van der Waals surface area contributed by atoms with Crippen LogP contribution < -0.4 is 5.32 Å². The molecule has 0 aliphatic heterocycles. The number of hydrogen-bond acceptors (Lipinski definition) is 2. The van der Waals surface area contributed by atoms with Crippen LogP contribution >= 0.6 is 0 Å². The number of aliphatic carboxylic acids is 1. The summed E-state index contributed by atoms with van der Waals surface area (Å²) in [6.07, 6.45) is 3.10. The lowest BCUT2D eigenvalue weighted by Crippen LogP contribution is -2.34. The van der Waals surface area contributed by atoms with Crippen molar-refractivity contribution in [1.29, 1.82) is 0 Å². The zero-order chi connectivity index (χ0) is 14.5. The minimum Gasteiger partial charge on any atom is -0.481 e. The molecule has 4 nitrogen and oxygen atoms in total. The monoisotopic (exact) mass is 275 g/mol. The molecule has 0 unspecified atom stereocenters. The van der Waals surface area contributed by atoms with Crippen LogP contribution in [0.1, 0.15) is 37.3 Å². The second-order valence-electron chi connectivity index (χ2n) is 5.37. The SMILES string of the molecule is CCc1ccc(CNC(=O)[C@@H]2CCC[C@@H]2C(=O)O)cc1. The van der Waals surface area contributed by atoms with Crippen LogP contribution in [0.3, 0.4) is 0 Å².